The van der Waals surface area contributed by atoms with Gasteiger partial charge in [0.2, 0.25) is 5.91 Å². The average molecular weight is 690 g/mol. The second-order valence-electron chi connectivity index (χ2n) is 8.44. The van der Waals surface area contributed by atoms with E-state index in [9.17, 15) is 14.4 Å². The van der Waals surface area contributed by atoms with Gasteiger partial charge >= 0.3 is 0 Å². The molecule has 8 nitrogen and oxygen atoms in total. The van der Waals surface area contributed by atoms with Crippen molar-refractivity contribution in [1.29, 1.82) is 0 Å². The highest BCUT2D eigenvalue weighted by Crippen LogP contribution is 2.38. The number of amides is 3. The van der Waals surface area contributed by atoms with Gasteiger partial charge in [0, 0.05) is 14.6 Å². The number of benzene rings is 3. The van der Waals surface area contributed by atoms with Gasteiger partial charge in [-0.3, -0.25) is 19.3 Å². The van der Waals surface area contributed by atoms with Crippen molar-refractivity contribution in [3.63, 3.8) is 0 Å². The number of nitrogens with zero attached hydrogens (tertiary/aromatic N) is 1. The number of carbonyl (C=O) groups excluding carboxylic acids is 3. The van der Waals surface area contributed by atoms with E-state index in [1.54, 1.807) is 42.5 Å². The molecule has 40 heavy (non-hydrogen) atoms. The monoisotopic (exact) mass is 688 g/mol. The highest BCUT2D eigenvalue weighted by Gasteiger charge is 2.36. The fourth-order valence-corrected chi connectivity index (χ4v) is 5.24. The van der Waals surface area contributed by atoms with Crippen molar-refractivity contribution in [3.05, 3.63) is 85.6 Å². The van der Waals surface area contributed by atoms with E-state index in [1.165, 1.54) is 0 Å². The zero-order valence-corrected chi connectivity index (χ0v) is 25.7. The molecule has 1 fully saturated rings. The fourth-order valence-electron chi connectivity index (χ4n) is 3.71. The van der Waals surface area contributed by atoms with Gasteiger partial charge in [0.15, 0.2) is 11.5 Å². The van der Waals surface area contributed by atoms with E-state index in [2.05, 4.69) is 37.2 Å². The fraction of sp³-hybridized carbons (Fsp3) is 0.207. The van der Waals surface area contributed by atoms with E-state index >= 15 is 0 Å². The van der Waals surface area contributed by atoms with Gasteiger partial charge in [-0.05, 0) is 91.3 Å². The summed E-state index contributed by atoms with van der Waals surface area (Å²) in [6.45, 7) is 4.64. The highest BCUT2D eigenvalue weighted by molar-refractivity contribution is 9.10. The molecule has 3 aromatic carbocycles. The predicted molar refractivity (Wildman–Crippen MR) is 163 cm³/mol. The minimum atomic E-state index is -0.544. The minimum Gasteiger partial charge on any atom is -0.494 e. The van der Waals surface area contributed by atoms with Crippen LogP contribution in [0.4, 0.5) is 10.5 Å². The Morgan fingerprint density at radius 1 is 0.925 bits per heavy atom. The molecule has 1 N–H and O–H groups in total. The van der Waals surface area contributed by atoms with Crippen molar-refractivity contribution in [1.82, 2.24) is 4.90 Å². The molecular weight excluding hydrogens is 664 g/mol. The summed E-state index contributed by atoms with van der Waals surface area (Å²) in [6, 6.07) is 18.2. The summed E-state index contributed by atoms with van der Waals surface area (Å²) in [5, 5.41) is 2.18. The molecule has 0 aliphatic carbocycles. The van der Waals surface area contributed by atoms with Crippen LogP contribution in [-0.2, 0) is 16.2 Å². The van der Waals surface area contributed by atoms with Crippen LogP contribution >= 0.6 is 43.6 Å². The molecule has 1 aliphatic heterocycles. The summed E-state index contributed by atoms with van der Waals surface area (Å²) in [4.78, 5) is 39.3. The molecule has 0 spiro atoms. The lowest BCUT2D eigenvalue weighted by Gasteiger charge is -2.14. The first-order valence-electron chi connectivity index (χ1n) is 12.4. The number of anilines is 1. The summed E-state index contributed by atoms with van der Waals surface area (Å²) in [6.07, 6.45) is 1.60. The standard InChI is InChI=1S/C29H26Br2N2O6S/c1-3-37-22-11-9-21(10-12-22)32-27(34)16-33-28(35)26(40-29(33)36)14-19-13-24(38-4-2)25(15-23(19)31)39-17-18-5-7-20(30)8-6-18/h5-15H,3-4,16-17H2,1-2H3,(H,32,34)/b26-14+. The molecule has 11 heteroatoms. The van der Waals surface area contributed by atoms with Crippen LogP contribution in [0.1, 0.15) is 25.0 Å². The van der Waals surface area contributed by atoms with Crippen LogP contribution in [0.15, 0.2) is 74.5 Å². The van der Waals surface area contributed by atoms with Crippen LogP contribution in [0.3, 0.4) is 0 Å². The lowest BCUT2D eigenvalue weighted by molar-refractivity contribution is -0.127. The first-order valence-corrected chi connectivity index (χ1v) is 14.8. The van der Waals surface area contributed by atoms with Gasteiger partial charge in [0.1, 0.15) is 18.9 Å². The Bertz CT molecular complexity index is 1430. The molecule has 0 aromatic heterocycles. The van der Waals surface area contributed by atoms with Crippen molar-refractivity contribution in [2.45, 2.75) is 20.5 Å². The molecule has 1 saturated heterocycles. The molecule has 3 aromatic rings. The van der Waals surface area contributed by atoms with E-state index in [1.807, 2.05) is 38.1 Å². The summed E-state index contributed by atoms with van der Waals surface area (Å²) < 4.78 is 18.8. The summed E-state index contributed by atoms with van der Waals surface area (Å²) >= 11 is 7.74. The smallest absolute Gasteiger partial charge is 0.294 e. The molecule has 4 rings (SSSR count). The van der Waals surface area contributed by atoms with Crippen LogP contribution in [0, 0.1) is 0 Å². The van der Waals surface area contributed by atoms with E-state index in [0.717, 1.165) is 26.7 Å². The largest absolute Gasteiger partial charge is 0.494 e. The Morgan fingerprint density at radius 2 is 1.60 bits per heavy atom. The van der Waals surface area contributed by atoms with Crippen LogP contribution in [-0.4, -0.2) is 41.7 Å². The van der Waals surface area contributed by atoms with Gasteiger partial charge in [-0.2, -0.15) is 0 Å². The quantitative estimate of drug-likeness (QED) is 0.212. The third kappa shape index (κ3) is 7.67. The topological polar surface area (TPSA) is 94.2 Å². The van der Waals surface area contributed by atoms with Gasteiger partial charge in [-0.15, -0.1) is 0 Å². The predicted octanol–water partition coefficient (Wildman–Crippen LogP) is 7.26. The molecular formula is C29H26Br2N2O6S. The zero-order valence-electron chi connectivity index (χ0n) is 21.7. The van der Waals surface area contributed by atoms with Crippen molar-refractivity contribution < 1.29 is 28.6 Å². The van der Waals surface area contributed by atoms with E-state index in [0.29, 0.717) is 52.8 Å². The molecule has 1 heterocycles. The molecule has 0 atom stereocenters. The highest BCUT2D eigenvalue weighted by atomic mass is 79.9. The molecule has 0 unspecified atom stereocenters. The molecule has 0 bridgehead atoms. The van der Waals surface area contributed by atoms with Crippen LogP contribution in [0.25, 0.3) is 6.08 Å². The van der Waals surface area contributed by atoms with Gasteiger partial charge in [0.05, 0.1) is 18.1 Å². The maximum atomic E-state index is 13.0. The second kappa shape index (κ2) is 13.9. The van der Waals surface area contributed by atoms with Crippen LogP contribution in [0.2, 0.25) is 0 Å². The van der Waals surface area contributed by atoms with Gasteiger partial charge < -0.3 is 19.5 Å². The van der Waals surface area contributed by atoms with E-state index in [4.69, 9.17) is 14.2 Å². The van der Waals surface area contributed by atoms with Crippen molar-refractivity contribution in [3.8, 4) is 17.2 Å². The Hall–Kier alpha value is -3.28. The third-order valence-corrected chi connectivity index (χ3v) is 7.70. The number of ether oxygens (including phenoxy) is 3. The number of hydrogen-bond donors (Lipinski definition) is 1. The molecule has 0 saturated carbocycles. The van der Waals surface area contributed by atoms with Gasteiger partial charge in [-0.25, -0.2) is 0 Å². The number of hydrogen-bond acceptors (Lipinski definition) is 7. The average Bonchev–Trinajstić information content (AvgIpc) is 3.19. The summed E-state index contributed by atoms with van der Waals surface area (Å²) in [5.74, 6) is 0.687. The molecule has 208 valence electrons. The first kappa shape index (κ1) is 29.7. The number of rotatable bonds is 11. The lowest BCUT2D eigenvalue weighted by Crippen LogP contribution is -2.36. The maximum absolute atomic E-state index is 13.0. The first-order chi connectivity index (χ1) is 19.3. The number of carbonyl (C=O) groups is 3. The zero-order chi connectivity index (χ0) is 28.6. The molecule has 0 radical (unpaired) electrons. The number of imide groups is 1. The Kier molecular flexibility index (Phi) is 10.3. The second-order valence-corrected chi connectivity index (χ2v) is 11.2. The van der Waals surface area contributed by atoms with Crippen LogP contribution in [0.5, 0.6) is 17.2 Å². The van der Waals surface area contributed by atoms with Crippen molar-refractivity contribution in [2.24, 2.45) is 0 Å². The summed E-state index contributed by atoms with van der Waals surface area (Å²) in [7, 11) is 0. The Labute approximate surface area is 253 Å². The third-order valence-electron chi connectivity index (χ3n) is 5.58. The molecule has 3 amide bonds. The lowest BCUT2D eigenvalue weighted by atomic mass is 10.1. The number of halogens is 2. The number of nitrogens with one attached hydrogen (secondary N) is 1. The van der Waals surface area contributed by atoms with Crippen molar-refractivity contribution in [2.75, 3.05) is 25.1 Å². The van der Waals surface area contributed by atoms with Gasteiger partial charge in [-0.1, -0.05) is 44.0 Å². The van der Waals surface area contributed by atoms with Crippen molar-refractivity contribution >= 4 is 72.4 Å². The van der Waals surface area contributed by atoms with E-state index < -0.39 is 23.6 Å². The SMILES string of the molecule is CCOc1ccc(NC(=O)CN2C(=O)S/C(=C/c3cc(OCC)c(OCc4ccc(Br)cc4)cc3Br)C2=O)cc1. The Morgan fingerprint density at radius 3 is 2.27 bits per heavy atom. The van der Waals surface area contributed by atoms with E-state index in [-0.39, 0.29) is 4.91 Å². The van der Waals surface area contributed by atoms with Crippen LogP contribution < -0.4 is 19.5 Å². The maximum Gasteiger partial charge on any atom is 0.294 e. The number of thioether (sulfide) groups is 1. The molecule has 1 aliphatic rings. The minimum absolute atomic E-state index is 0.200. The normalized spacial score (nSPS) is 14.0. The Balaban J connectivity index is 1.45. The summed E-state index contributed by atoms with van der Waals surface area (Å²) in [5.41, 5.74) is 2.15. The van der Waals surface area contributed by atoms with Gasteiger partial charge in [0.25, 0.3) is 11.1 Å².